The molecule has 3 heterocycles. The number of fused-ring (bicyclic) bond motifs is 1. The highest BCUT2D eigenvalue weighted by Crippen LogP contribution is 2.52. The van der Waals surface area contributed by atoms with Crippen molar-refractivity contribution in [1.29, 1.82) is 0 Å². The van der Waals surface area contributed by atoms with Crippen LogP contribution < -0.4 is 4.90 Å². The molecule has 0 N–H and O–H groups in total. The number of benzene rings is 1. The number of halogens is 1. The van der Waals surface area contributed by atoms with Crippen LogP contribution in [0.5, 0.6) is 0 Å². The number of pyridine rings is 1. The highest BCUT2D eigenvalue weighted by Gasteiger charge is 2.53. The van der Waals surface area contributed by atoms with E-state index in [1.54, 1.807) is 12.4 Å². The van der Waals surface area contributed by atoms with E-state index in [2.05, 4.69) is 18.8 Å². The maximum absolute atomic E-state index is 12.2. The van der Waals surface area contributed by atoms with Crippen molar-refractivity contribution in [1.82, 2.24) is 9.88 Å². The summed E-state index contributed by atoms with van der Waals surface area (Å²) < 4.78 is 0. The maximum Gasteiger partial charge on any atom is 0.222 e. The Morgan fingerprint density at radius 1 is 1.18 bits per heavy atom. The van der Waals surface area contributed by atoms with Gasteiger partial charge in [-0.3, -0.25) is 14.6 Å². The molecule has 0 bridgehead atoms. The molecule has 2 aromatic rings. The Kier molecular flexibility index (Phi) is 4.66. The average Bonchev–Trinajstić information content (AvgIpc) is 2.88. The van der Waals surface area contributed by atoms with Crippen LogP contribution in [0.2, 0.25) is 0 Å². The van der Waals surface area contributed by atoms with E-state index in [0.717, 1.165) is 48.1 Å². The number of hydrogen-bond donors (Lipinski definition) is 0. The minimum Gasteiger partial charge on any atom is -0.338 e. The lowest BCUT2D eigenvalue weighted by Crippen LogP contribution is -2.47. The van der Waals surface area contributed by atoms with Crippen LogP contribution in [0.25, 0.3) is 0 Å². The van der Waals surface area contributed by atoms with E-state index < -0.39 is 10.5 Å². The van der Waals surface area contributed by atoms with Gasteiger partial charge in [0.25, 0.3) is 0 Å². The highest BCUT2D eigenvalue weighted by molar-refractivity contribution is 6.33. The molecular weight excluding hydrogens is 374 g/mol. The van der Waals surface area contributed by atoms with Gasteiger partial charge in [0, 0.05) is 31.3 Å². The molecule has 4 rings (SSSR count). The lowest BCUT2D eigenvalue weighted by atomic mass is 9.93. The van der Waals surface area contributed by atoms with Gasteiger partial charge in [-0.15, -0.1) is 0 Å². The van der Waals surface area contributed by atoms with Gasteiger partial charge in [-0.25, -0.2) is 0 Å². The van der Waals surface area contributed by atoms with E-state index in [1.807, 2.05) is 40.1 Å². The Hall–Kier alpha value is -2.40. The number of likely N-dealkylation sites (tertiary alicyclic amines) is 1. The predicted molar refractivity (Wildman–Crippen MR) is 109 cm³/mol. The summed E-state index contributed by atoms with van der Waals surface area (Å²) >= 11 is 6.90. The molecule has 6 heteroatoms. The first kappa shape index (κ1) is 18.9. The first-order chi connectivity index (χ1) is 13.4. The number of piperidine rings is 1. The number of aldehydes is 1. The van der Waals surface area contributed by atoms with Gasteiger partial charge in [0.1, 0.15) is 0 Å². The summed E-state index contributed by atoms with van der Waals surface area (Å²) in [6.45, 7) is 5.41. The summed E-state index contributed by atoms with van der Waals surface area (Å²) in [6, 6.07) is 9.77. The van der Waals surface area contributed by atoms with Crippen molar-refractivity contribution in [3.8, 4) is 0 Å². The largest absolute Gasteiger partial charge is 0.338 e. The van der Waals surface area contributed by atoms with E-state index in [9.17, 15) is 9.59 Å². The minimum atomic E-state index is -1.29. The fraction of sp³-hybridized carbons (Fsp3) is 0.409. The summed E-state index contributed by atoms with van der Waals surface area (Å²) in [6.07, 6.45) is 6.90. The van der Waals surface area contributed by atoms with Gasteiger partial charge in [-0.05, 0) is 43.9 Å². The molecule has 1 unspecified atom stereocenters. The molecule has 1 aromatic carbocycles. The molecular formula is C22H24ClN3O2. The molecule has 0 aliphatic carbocycles. The van der Waals surface area contributed by atoms with E-state index in [0.29, 0.717) is 13.0 Å². The van der Waals surface area contributed by atoms with Crippen LogP contribution in [0, 0.1) is 0 Å². The number of nitrogens with zero attached hydrogens (tertiary/aromatic N) is 3. The molecule has 1 saturated heterocycles. The first-order valence-corrected chi connectivity index (χ1v) is 10.0. The standard InChI is InChI=1S/C22H24ClN3O2/c1-21(2)18-7-3-4-8-19(18)22(23,15-27)26(21)17-11-16(12-24-13-17)14-25-10-6-5-9-20(25)28/h3-4,7-8,11-13,15H,5-6,9-10,14H2,1-2H3. The Balaban J connectivity index is 1.72. The topological polar surface area (TPSA) is 53.5 Å². The maximum atomic E-state index is 12.2. The number of rotatable bonds is 4. The number of aromatic nitrogens is 1. The van der Waals surface area contributed by atoms with Crippen molar-refractivity contribution in [2.24, 2.45) is 0 Å². The van der Waals surface area contributed by atoms with Gasteiger partial charge >= 0.3 is 0 Å². The second-order valence-corrected chi connectivity index (χ2v) is 8.63. The van der Waals surface area contributed by atoms with Crippen LogP contribution >= 0.6 is 11.6 Å². The zero-order valence-electron chi connectivity index (χ0n) is 16.2. The molecule has 5 nitrogen and oxygen atoms in total. The Morgan fingerprint density at radius 2 is 1.93 bits per heavy atom. The summed E-state index contributed by atoms with van der Waals surface area (Å²) in [5.74, 6) is 0.185. The number of carbonyl (C=O) groups is 2. The zero-order valence-corrected chi connectivity index (χ0v) is 16.9. The van der Waals surface area contributed by atoms with Crippen molar-refractivity contribution in [3.63, 3.8) is 0 Å². The summed E-state index contributed by atoms with van der Waals surface area (Å²) in [5.41, 5.74) is 3.04. The molecule has 2 aliphatic heterocycles. The molecule has 28 heavy (non-hydrogen) atoms. The number of hydrogen-bond acceptors (Lipinski definition) is 4. The molecule has 1 amide bonds. The molecule has 2 aliphatic rings. The van der Waals surface area contributed by atoms with Crippen LogP contribution in [0.1, 0.15) is 49.8 Å². The number of amides is 1. The molecule has 0 radical (unpaired) electrons. The van der Waals surface area contributed by atoms with Gasteiger partial charge in [0.15, 0.2) is 11.3 Å². The van der Waals surface area contributed by atoms with Crippen molar-refractivity contribution in [3.05, 3.63) is 59.4 Å². The molecule has 146 valence electrons. The van der Waals surface area contributed by atoms with Crippen LogP contribution in [-0.2, 0) is 26.7 Å². The monoisotopic (exact) mass is 397 g/mol. The molecule has 0 spiro atoms. The van der Waals surface area contributed by atoms with Gasteiger partial charge in [0.2, 0.25) is 5.91 Å². The number of carbonyl (C=O) groups excluding carboxylic acids is 2. The average molecular weight is 398 g/mol. The Morgan fingerprint density at radius 3 is 2.64 bits per heavy atom. The zero-order chi connectivity index (χ0) is 19.9. The van der Waals surface area contributed by atoms with Crippen molar-refractivity contribution >= 4 is 29.5 Å². The molecule has 1 aromatic heterocycles. The fourth-order valence-electron chi connectivity index (χ4n) is 4.53. The summed E-state index contributed by atoms with van der Waals surface area (Å²) in [5, 5.41) is 0. The van der Waals surface area contributed by atoms with Crippen molar-refractivity contribution in [2.75, 3.05) is 11.4 Å². The Labute approximate surface area is 170 Å². The van der Waals surface area contributed by atoms with Crippen molar-refractivity contribution < 1.29 is 9.59 Å². The minimum absolute atomic E-state index is 0.185. The van der Waals surface area contributed by atoms with E-state index in [4.69, 9.17) is 11.6 Å². The third kappa shape index (κ3) is 2.89. The van der Waals surface area contributed by atoms with E-state index >= 15 is 0 Å². The van der Waals surface area contributed by atoms with E-state index in [-0.39, 0.29) is 5.91 Å². The second-order valence-electron chi connectivity index (χ2n) is 8.06. The lowest BCUT2D eigenvalue weighted by molar-refractivity contribution is -0.133. The number of anilines is 1. The third-order valence-corrected chi connectivity index (χ3v) is 6.30. The SMILES string of the molecule is CC1(C)c2ccccc2C(Cl)(C=O)N1c1cncc(CN2CCCCC2=O)c1. The van der Waals surface area contributed by atoms with Crippen LogP contribution in [0.3, 0.4) is 0 Å². The predicted octanol–water partition coefficient (Wildman–Crippen LogP) is 3.94. The molecule has 1 fully saturated rings. The van der Waals surface area contributed by atoms with E-state index in [1.165, 1.54) is 0 Å². The van der Waals surface area contributed by atoms with Crippen molar-refractivity contribution in [2.45, 2.75) is 50.2 Å². The summed E-state index contributed by atoms with van der Waals surface area (Å²) in [7, 11) is 0. The highest BCUT2D eigenvalue weighted by atomic mass is 35.5. The van der Waals surface area contributed by atoms with Crippen LogP contribution in [0.4, 0.5) is 5.69 Å². The third-order valence-electron chi connectivity index (χ3n) is 5.84. The smallest absolute Gasteiger partial charge is 0.222 e. The fourth-order valence-corrected chi connectivity index (χ4v) is 5.00. The number of alkyl halides is 1. The normalized spacial score (nSPS) is 23.6. The summed E-state index contributed by atoms with van der Waals surface area (Å²) in [4.78, 5) is 31.2. The van der Waals surface area contributed by atoms with Crippen LogP contribution in [0.15, 0.2) is 42.7 Å². The lowest BCUT2D eigenvalue weighted by Gasteiger charge is -2.40. The Bertz CT molecular complexity index is 930. The molecule has 0 saturated carbocycles. The first-order valence-electron chi connectivity index (χ1n) is 9.65. The van der Waals surface area contributed by atoms with Gasteiger partial charge in [-0.2, -0.15) is 0 Å². The van der Waals surface area contributed by atoms with Gasteiger partial charge < -0.3 is 9.80 Å². The second kappa shape index (κ2) is 6.89. The van der Waals surface area contributed by atoms with Crippen LogP contribution in [-0.4, -0.2) is 28.6 Å². The van der Waals surface area contributed by atoms with Gasteiger partial charge in [0.05, 0.1) is 17.4 Å². The molecule has 1 atom stereocenters. The quantitative estimate of drug-likeness (QED) is 0.445. The van der Waals surface area contributed by atoms with Gasteiger partial charge in [-0.1, -0.05) is 35.9 Å².